The Hall–Kier alpha value is -2.95. The molecule has 0 aliphatic carbocycles. The van der Waals surface area contributed by atoms with Crippen LogP contribution < -0.4 is 4.74 Å². The smallest absolute Gasteiger partial charge is 0.118 e. The number of methoxy groups -OCH3 is 1. The summed E-state index contributed by atoms with van der Waals surface area (Å²) in [4.78, 5) is 8.05. The van der Waals surface area contributed by atoms with Crippen LogP contribution in [0.1, 0.15) is 11.3 Å². The first-order valence-electron chi connectivity index (χ1n) is 6.49. The molecule has 3 aromatic rings. The van der Waals surface area contributed by atoms with E-state index in [1.165, 1.54) is 6.33 Å². The van der Waals surface area contributed by atoms with Crippen LogP contribution in [0, 0.1) is 0 Å². The lowest BCUT2D eigenvalue weighted by atomic mass is 10.1. The number of hydrogen-bond acceptors (Lipinski definition) is 4. The summed E-state index contributed by atoms with van der Waals surface area (Å²) >= 11 is 0. The second-order valence-electron chi connectivity index (χ2n) is 4.40. The highest BCUT2D eigenvalue weighted by atomic mass is 16.5. The quantitative estimate of drug-likeness (QED) is 0.796. The minimum absolute atomic E-state index is 0.830. The van der Waals surface area contributed by atoms with Gasteiger partial charge >= 0.3 is 0 Å². The van der Waals surface area contributed by atoms with Gasteiger partial charge < -0.3 is 4.74 Å². The van der Waals surface area contributed by atoms with Gasteiger partial charge in [-0.05, 0) is 42.5 Å². The number of aromatic amines is 1. The lowest BCUT2D eigenvalue weighted by Crippen LogP contribution is -1.84. The fourth-order valence-corrected chi connectivity index (χ4v) is 1.99. The summed E-state index contributed by atoms with van der Waals surface area (Å²) in [6.45, 7) is 0. The maximum absolute atomic E-state index is 5.17. The van der Waals surface area contributed by atoms with Gasteiger partial charge in [-0.25, -0.2) is 9.97 Å². The van der Waals surface area contributed by atoms with Gasteiger partial charge in [0.25, 0.3) is 0 Å². The maximum Gasteiger partial charge on any atom is 0.118 e. The third-order valence-electron chi connectivity index (χ3n) is 3.09. The molecule has 0 saturated heterocycles. The topological polar surface area (TPSA) is 63.7 Å². The number of ether oxygens (including phenoxy) is 1. The minimum Gasteiger partial charge on any atom is -0.497 e. The van der Waals surface area contributed by atoms with E-state index >= 15 is 0 Å². The van der Waals surface area contributed by atoms with Crippen molar-refractivity contribution in [3.63, 3.8) is 0 Å². The first-order chi connectivity index (χ1) is 10.4. The zero-order valence-electron chi connectivity index (χ0n) is 11.5. The number of H-pyrrole nitrogens is 1. The monoisotopic (exact) mass is 278 g/mol. The van der Waals surface area contributed by atoms with E-state index < -0.39 is 0 Å². The lowest BCUT2D eigenvalue weighted by Gasteiger charge is -2.02. The lowest BCUT2D eigenvalue weighted by molar-refractivity contribution is 0.415. The van der Waals surface area contributed by atoms with E-state index in [-0.39, 0.29) is 0 Å². The van der Waals surface area contributed by atoms with E-state index in [1.807, 2.05) is 42.5 Å². The Balaban J connectivity index is 1.88. The fourth-order valence-electron chi connectivity index (χ4n) is 1.99. The van der Waals surface area contributed by atoms with Gasteiger partial charge in [0.1, 0.15) is 12.1 Å². The SMILES string of the molecule is COc1ccc(-c2[nH]ncc2C=Cc2ccncn2)cc1. The molecule has 1 aromatic carbocycles. The number of nitrogens with zero attached hydrogens (tertiary/aromatic N) is 3. The molecule has 0 radical (unpaired) electrons. The predicted molar refractivity (Wildman–Crippen MR) is 81.5 cm³/mol. The van der Waals surface area contributed by atoms with Crippen LogP contribution in [0.2, 0.25) is 0 Å². The predicted octanol–water partition coefficient (Wildman–Crippen LogP) is 3.05. The van der Waals surface area contributed by atoms with Crippen LogP contribution in [0.25, 0.3) is 23.4 Å². The summed E-state index contributed by atoms with van der Waals surface area (Å²) in [6.07, 6.45) is 8.94. The third kappa shape index (κ3) is 2.97. The Morgan fingerprint density at radius 2 is 1.95 bits per heavy atom. The molecule has 0 fully saturated rings. The molecule has 0 amide bonds. The molecule has 21 heavy (non-hydrogen) atoms. The molecule has 0 bridgehead atoms. The highest BCUT2D eigenvalue weighted by Gasteiger charge is 2.05. The van der Waals surface area contributed by atoms with Gasteiger partial charge in [0.15, 0.2) is 0 Å². The molecule has 0 unspecified atom stereocenters. The highest BCUT2D eigenvalue weighted by molar-refractivity contribution is 5.77. The Morgan fingerprint density at radius 1 is 1.10 bits per heavy atom. The van der Waals surface area contributed by atoms with Gasteiger partial charge in [-0.1, -0.05) is 0 Å². The van der Waals surface area contributed by atoms with Crippen molar-refractivity contribution in [2.45, 2.75) is 0 Å². The molecule has 2 aromatic heterocycles. The van der Waals surface area contributed by atoms with E-state index in [2.05, 4.69) is 20.2 Å². The van der Waals surface area contributed by atoms with Crippen LogP contribution in [0.3, 0.4) is 0 Å². The second-order valence-corrected chi connectivity index (χ2v) is 4.40. The summed E-state index contributed by atoms with van der Waals surface area (Å²) in [7, 11) is 1.65. The van der Waals surface area contributed by atoms with Gasteiger partial charge in [-0.3, -0.25) is 5.10 Å². The highest BCUT2D eigenvalue weighted by Crippen LogP contribution is 2.24. The molecule has 1 N–H and O–H groups in total. The van der Waals surface area contributed by atoms with Crippen molar-refractivity contribution in [3.05, 3.63) is 60.3 Å². The molecule has 2 heterocycles. The van der Waals surface area contributed by atoms with E-state index in [0.717, 1.165) is 28.3 Å². The van der Waals surface area contributed by atoms with Crippen molar-refractivity contribution in [1.82, 2.24) is 20.2 Å². The van der Waals surface area contributed by atoms with Gasteiger partial charge in [-0.15, -0.1) is 0 Å². The molecule has 0 aliphatic rings. The fraction of sp³-hybridized carbons (Fsp3) is 0.0625. The first-order valence-corrected chi connectivity index (χ1v) is 6.49. The zero-order chi connectivity index (χ0) is 14.5. The van der Waals surface area contributed by atoms with E-state index in [9.17, 15) is 0 Å². The van der Waals surface area contributed by atoms with Crippen LogP contribution in [0.4, 0.5) is 0 Å². The van der Waals surface area contributed by atoms with Crippen molar-refractivity contribution in [2.75, 3.05) is 7.11 Å². The van der Waals surface area contributed by atoms with Gasteiger partial charge in [0, 0.05) is 17.3 Å². The summed E-state index contributed by atoms with van der Waals surface area (Å²) in [5.74, 6) is 0.830. The normalized spacial score (nSPS) is 10.9. The van der Waals surface area contributed by atoms with Gasteiger partial charge in [-0.2, -0.15) is 5.10 Å². The zero-order valence-corrected chi connectivity index (χ0v) is 11.5. The summed E-state index contributed by atoms with van der Waals surface area (Å²) < 4.78 is 5.17. The Morgan fingerprint density at radius 3 is 2.67 bits per heavy atom. The van der Waals surface area contributed by atoms with Crippen molar-refractivity contribution < 1.29 is 4.74 Å². The van der Waals surface area contributed by atoms with Crippen molar-refractivity contribution in [1.29, 1.82) is 0 Å². The first kappa shape index (κ1) is 13.1. The van der Waals surface area contributed by atoms with Crippen LogP contribution in [0.5, 0.6) is 5.75 Å². The van der Waals surface area contributed by atoms with Crippen molar-refractivity contribution in [3.8, 4) is 17.0 Å². The number of nitrogens with one attached hydrogen (secondary N) is 1. The average Bonchev–Trinajstić information content (AvgIpc) is 3.02. The number of hydrogen-bond donors (Lipinski definition) is 1. The molecular weight excluding hydrogens is 264 g/mol. The van der Waals surface area contributed by atoms with Crippen LogP contribution >= 0.6 is 0 Å². The van der Waals surface area contributed by atoms with E-state index in [4.69, 9.17) is 4.74 Å². The summed E-state index contributed by atoms with van der Waals surface area (Å²) in [6, 6.07) is 9.69. The standard InChI is InChI=1S/C16H14N4O/c1-21-15-6-3-12(4-7-15)16-13(10-19-20-16)2-5-14-8-9-17-11-18-14/h2-11H,1H3,(H,19,20). The molecule has 0 saturated carbocycles. The molecular formula is C16H14N4O. The second kappa shape index (κ2) is 6.00. The minimum atomic E-state index is 0.830. The van der Waals surface area contributed by atoms with E-state index in [1.54, 1.807) is 19.5 Å². The molecule has 3 rings (SSSR count). The maximum atomic E-state index is 5.17. The Labute approximate surface area is 122 Å². The average molecular weight is 278 g/mol. The number of aromatic nitrogens is 4. The summed E-state index contributed by atoms with van der Waals surface area (Å²) in [5, 5.41) is 7.13. The number of rotatable bonds is 4. The van der Waals surface area contributed by atoms with E-state index in [0.29, 0.717) is 0 Å². The Kier molecular flexibility index (Phi) is 3.73. The van der Waals surface area contributed by atoms with Crippen LogP contribution in [0.15, 0.2) is 49.1 Å². The molecule has 5 heteroatoms. The molecule has 0 atom stereocenters. The summed E-state index contributed by atoms with van der Waals surface area (Å²) in [5.41, 5.74) is 3.87. The molecule has 5 nitrogen and oxygen atoms in total. The third-order valence-corrected chi connectivity index (χ3v) is 3.09. The number of benzene rings is 1. The van der Waals surface area contributed by atoms with Crippen molar-refractivity contribution >= 4 is 12.2 Å². The Bertz CT molecular complexity index is 732. The van der Waals surface area contributed by atoms with Crippen molar-refractivity contribution in [2.24, 2.45) is 0 Å². The molecule has 0 spiro atoms. The van der Waals surface area contributed by atoms with Crippen LogP contribution in [-0.2, 0) is 0 Å². The van der Waals surface area contributed by atoms with Gasteiger partial charge in [0.2, 0.25) is 0 Å². The molecule has 104 valence electrons. The van der Waals surface area contributed by atoms with Gasteiger partial charge in [0.05, 0.1) is 24.7 Å². The largest absolute Gasteiger partial charge is 0.497 e. The van der Waals surface area contributed by atoms with Crippen LogP contribution in [-0.4, -0.2) is 27.3 Å². The molecule has 0 aliphatic heterocycles.